The topological polar surface area (TPSA) is 38.9 Å². The van der Waals surface area contributed by atoms with Gasteiger partial charge in [0.05, 0.1) is 6.42 Å². The zero-order chi connectivity index (χ0) is 14.5. The largest absolute Gasteiger partial charge is 0.416 e. The van der Waals surface area contributed by atoms with Crippen LogP contribution in [0.2, 0.25) is 0 Å². The van der Waals surface area contributed by atoms with E-state index in [1.807, 2.05) is 18.2 Å². The number of rotatable bonds is 5. The zero-order valence-corrected chi connectivity index (χ0v) is 12.6. The van der Waals surface area contributed by atoms with Crippen molar-refractivity contribution in [3.05, 3.63) is 77.2 Å². The second-order valence-electron chi connectivity index (χ2n) is 4.90. The molecule has 1 aromatic heterocycles. The number of nitrogens with zero attached hydrogens (tertiary/aromatic N) is 2. The molecular weight excluding hydrogens is 280 g/mol. The van der Waals surface area contributed by atoms with Gasteiger partial charge in [-0.3, -0.25) is 0 Å². The Morgan fingerprint density at radius 3 is 2.57 bits per heavy atom. The first-order chi connectivity index (χ1) is 10.3. The zero-order valence-electron chi connectivity index (χ0n) is 11.8. The normalized spacial score (nSPS) is 10.7. The van der Waals surface area contributed by atoms with E-state index in [-0.39, 0.29) is 0 Å². The van der Waals surface area contributed by atoms with E-state index in [1.54, 1.807) is 11.8 Å². The highest BCUT2D eigenvalue weighted by Crippen LogP contribution is 2.22. The maximum absolute atomic E-state index is 5.68. The lowest BCUT2D eigenvalue weighted by atomic mass is 10.2. The van der Waals surface area contributed by atoms with Crippen LogP contribution in [-0.2, 0) is 12.2 Å². The molecule has 3 nitrogen and oxygen atoms in total. The summed E-state index contributed by atoms with van der Waals surface area (Å²) in [7, 11) is 0. The molecule has 0 aliphatic carbocycles. The summed E-state index contributed by atoms with van der Waals surface area (Å²) >= 11 is 1.57. The van der Waals surface area contributed by atoms with E-state index in [9.17, 15) is 0 Å². The predicted molar refractivity (Wildman–Crippen MR) is 84.3 cm³/mol. The average Bonchev–Trinajstić information content (AvgIpc) is 2.94. The van der Waals surface area contributed by atoms with Crippen molar-refractivity contribution in [1.82, 2.24) is 10.2 Å². The van der Waals surface area contributed by atoms with Crippen molar-refractivity contribution in [3.8, 4) is 0 Å². The molecule has 4 heteroatoms. The average molecular weight is 296 g/mol. The minimum Gasteiger partial charge on any atom is -0.416 e. The molecule has 0 aliphatic heterocycles. The van der Waals surface area contributed by atoms with E-state index in [0.29, 0.717) is 17.5 Å². The van der Waals surface area contributed by atoms with Gasteiger partial charge in [0.1, 0.15) is 0 Å². The summed E-state index contributed by atoms with van der Waals surface area (Å²) in [6, 6.07) is 18.6. The number of hydrogen-bond donors (Lipinski definition) is 0. The fourth-order valence-corrected chi connectivity index (χ4v) is 2.81. The lowest BCUT2D eigenvalue weighted by Crippen LogP contribution is -1.87. The van der Waals surface area contributed by atoms with Crippen LogP contribution < -0.4 is 0 Å². The van der Waals surface area contributed by atoms with Crippen LogP contribution in [0.5, 0.6) is 0 Å². The van der Waals surface area contributed by atoms with E-state index in [4.69, 9.17) is 4.42 Å². The summed E-state index contributed by atoms with van der Waals surface area (Å²) in [5, 5.41) is 8.83. The molecule has 106 valence electrons. The van der Waals surface area contributed by atoms with Gasteiger partial charge in [0, 0.05) is 5.75 Å². The second-order valence-corrected chi connectivity index (χ2v) is 5.83. The summed E-state index contributed by atoms with van der Waals surface area (Å²) in [6.07, 6.45) is 0.679. The second kappa shape index (κ2) is 6.59. The van der Waals surface area contributed by atoms with E-state index >= 15 is 0 Å². The fraction of sp³-hybridized carbons (Fsp3) is 0.176. The highest BCUT2D eigenvalue weighted by molar-refractivity contribution is 7.98. The van der Waals surface area contributed by atoms with Crippen molar-refractivity contribution >= 4 is 11.8 Å². The lowest BCUT2D eigenvalue weighted by Gasteiger charge is -1.99. The van der Waals surface area contributed by atoms with E-state index in [1.165, 1.54) is 16.7 Å². The summed E-state index contributed by atoms with van der Waals surface area (Å²) < 4.78 is 5.68. The van der Waals surface area contributed by atoms with E-state index in [2.05, 4.69) is 53.5 Å². The van der Waals surface area contributed by atoms with Crippen molar-refractivity contribution in [1.29, 1.82) is 0 Å². The first-order valence-corrected chi connectivity index (χ1v) is 7.83. The molecule has 3 rings (SSSR count). The van der Waals surface area contributed by atoms with Crippen LogP contribution in [0.3, 0.4) is 0 Å². The first kappa shape index (κ1) is 13.9. The Bertz CT molecular complexity index is 710. The first-order valence-electron chi connectivity index (χ1n) is 6.84. The Morgan fingerprint density at radius 2 is 1.76 bits per heavy atom. The van der Waals surface area contributed by atoms with Gasteiger partial charge in [-0.1, -0.05) is 71.9 Å². The summed E-state index contributed by atoms with van der Waals surface area (Å²) in [6.45, 7) is 2.10. The molecule has 0 saturated carbocycles. The number of thioether (sulfide) groups is 1. The van der Waals surface area contributed by atoms with Gasteiger partial charge in [0.15, 0.2) is 0 Å². The molecule has 0 atom stereocenters. The molecule has 0 saturated heterocycles. The Morgan fingerprint density at radius 1 is 0.952 bits per heavy atom. The molecule has 21 heavy (non-hydrogen) atoms. The van der Waals surface area contributed by atoms with Gasteiger partial charge >= 0.3 is 0 Å². The molecule has 0 unspecified atom stereocenters. The number of aryl methyl sites for hydroxylation is 1. The van der Waals surface area contributed by atoms with Crippen LogP contribution in [0.15, 0.2) is 64.2 Å². The third kappa shape index (κ3) is 3.95. The Balaban J connectivity index is 1.60. The molecule has 3 aromatic rings. The summed E-state index contributed by atoms with van der Waals surface area (Å²) in [4.78, 5) is 0. The standard InChI is InChI=1S/C17H16N2OS/c1-13-6-5-9-15(10-13)12-21-17-19-18-16(20-17)11-14-7-3-2-4-8-14/h2-10H,11-12H2,1H3. The van der Waals surface area contributed by atoms with Gasteiger partial charge in [0.2, 0.25) is 5.89 Å². The van der Waals surface area contributed by atoms with Crippen molar-refractivity contribution in [2.45, 2.75) is 24.3 Å². The summed E-state index contributed by atoms with van der Waals surface area (Å²) in [5.41, 5.74) is 3.71. The molecule has 0 N–H and O–H groups in total. The molecule has 0 spiro atoms. The van der Waals surface area contributed by atoms with Gasteiger partial charge in [-0.2, -0.15) is 0 Å². The molecule has 0 aliphatic rings. The van der Waals surface area contributed by atoms with Crippen LogP contribution in [0.1, 0.15) is 22.6 Å². The van der Waals surface area contributed by atoms with Crippen LogP contribution in [-0.4, -0.2) is 10.2 Å². The number of benzene rings is 2. The molecule has 0 amide bonds. The highest BCUT2D eigenvalue weighted by atomic mass is 32.2. The van der Waals surface area contributed by atoms with Crippen molar-refractivity contribution in [3.63, 3.8) is 0 Å². The van der Waals surface area contributed by atoms with Crippen molar-refractivity contribution in [2.75, 3.05) is 0 Å². The Hall–Kier alpha value is -2.07. The lowest BCUT2D eigenvalue weighted by molar-refractivity contribution is 0.420. The van der Waals surface area contributed by atoms with Crippen molar-refractivity contribution < 1.29 is 4.42 Å². The number of hydrogen-bond acceptors (Lipinski definition) is 4. The van der Waals surface area contributed by atoms with Gasteiger partial charge in [-0.25, -0.2) is 0 Å². The molecule has 0 fully saturated rings. The maximum atomic E-state index is 5.68. The Kier molecular flexibility index (Phi) is 4.36. The maximum Gasteiger partial charge on any atom is 0.276 e. The quantitative estimate of drug-likeness (QED) is 0.659. The molecule has 0 radical (unpaired) electrons. The van der Waals surface area contributed by atoms with Crippen molar-refractivity contribution in [2.24, 2.45) is 0 Å². The summed E-state index contributed by atoms with van der Waals surface area (Å²) in [5.74, 6) is 1.50. The van der Waals surface area contributed by atoms with E-state index < -0.39 is 0 Å². The smallest absolute Gasteiger partial charge is 0.276 e. The SMILES string of the molecule is Cc1cccc(CSc2nnc(Cc3ccccc3)o2)c1. The van der Waals surface area contributed by atoms with Gasteiger partial charge in [0.25, 0.3) is 5.22 Å². The van der Waals surface area contributed by atoms with Gasteiger partial charge in [-0.05, 0) is 18.1 Å². The minimum atomic E-state index is 0.627. The van der Waals surface area contributed by atoms with Crippen LogP contribution in [0, 0.1) is 6.92 Å². The molecular formula is C17H16N2OS. The van der Waals surface area contributed by atoms with Crippen LogP contribution in [0.25, 0.3) is 0 Å². The minimum absolute atomic E-state index is 0.627. The van der Waals surface area contributed by atoms with Gasteiger partial charge < -0.3 is 4.42 Å². The third-order valence-corrected chi connectivity index (χ3v) is 3.98. The van der Waals surface area contributed by atoms with Crippen LogP contribution >= 0.6 is 11.8 Å². The third-order valence-electron chi connectivity index (χ3n) is 3.09. The molecule has 1 heterocycles. The predicted octanol–water partition coefficient (Wildman–Crippen LogP) is 4.26. The van der Waals surface area contributed by atoms with Gasteiger partial charge in [-0.15, -0.1) is 10.2 Å². The molecule has 2 aromatic carbocycles. The Labute approximate surface area is 128 Å². The molecule has 0 bridgehead atoms. The van der Waals surface area contributed by atoms with E-state index in [0.717, 1.165) is 5.75 Å². The highest BCUT2D eigenvalue weighted by Gasteiger charge is 2.07. The fourth-order valence-electron chi connectivity index (χ4n) is 2.09. The monoisotopic (exact) mass is 296 g/mol. The van der Waals surface area contributed by atoms with Crippen LogP contribution in [0.4, 0.5) is 0 Å². The number of aromatic nitrogens is 2.